The maximum atomic E-state index is 13.4. The molecule has 6 heteroatoms. The van der Waals surface area contributed by atoms with Gasteiger partial charge in [0.1, 0.15) is 0 Å². The molecule has 2 N–H and O–H groups in total. The van der Waals surface area contributed by atoms with Crippen molar-refractivity contribution in [1.29, 1.82) is 0 Å². The lowest BCUT2D eigenvalue weighted by Crippen LogP contribution is -2.63. The van der Waals surface area contributed by atoms with E-state index >= 15 is 0 Å². The van der Waals surface area contributed by atoms with Gasteiger partial charge in [0.25, 0.3) is 0 Å². The zero-order valence-corrected chi connectivity index (χ0v) is 20.4. The van der Waals surface area contributed by atoms with Crippen molar-refractivity contribution in [2.45, 2.75) is 64.1 Å². The summed E-state index contributed by atoms with van der Waals surface area (Å²) in [6.45, 7) is 7.96. The summed E-state index contributed by atoms with van der Waals surface area (Å²) in [6.07, 6.45) is 6.45. The Balaban J connectivity index is 1.20. The molecule has 0 spiro atoms. The highest BCUT2D eigenvalue weighted by molar-refractivity contribution is 9.10. The van der Waals surface area contributed by atoms with Crippen LogP contribution in [0, 0.1) is 23.2 Å². The van der Waals surface area contributed by atoms with Gasteiger partial charge in [0, 0.05) is 36.3 Å². The van der Waals surface area contributed by atoms with Crippen molar-refractivity contribution in [3.63, 3.8) is 0 Å². The minimum atomic E-state index is -0.604. The Bertz CT molecular complexity index is 781. The average Bonchev–Trinajstić information content (AvgIpc) is 2.73. The molecule has 1 unspecified atom stereocenters. The number of carbonyl (C=O) groups is 1. The molecule has 5 aliphatic rings. The van der Waals surface area contributed by atoms with E-state index in [9.17, 15) is 4.79 Å². The summed E-state index contributed by atoms with van der Waals surface area (Å²) in [5, 5.41) is 0. The first-order valence-electron chi connectivity index (χ1n) is 12.0. The van der Waals surface area contributed by atoms with Crippen LogP contribution in [0.1, 0.15) is 52.4 Å². The second-order valence-electron chi connectivity index (χ2n) is 11.1. The first-order valence-corrected chi connectivity index (χ1v) is 12.8. The first-order chi connectivity index (χ1) is 14.7. The molecule has 0 aromatic heterocycles. The molecule has 1 aliphatic heterocycles. The molecule has 31 heavy (non-hydrogen) atoms. The number of ether oxygens (including phenoxy) is 1. The van der Waals surface area contributed by atoms with Crippen molar-refractivity contribution in [2.24, 2.45) is 28.9 Å². The van der Waals surface area contributed by atoms with E-state index in [2.05, 4.69) is 63.8 Å². The summed E-state index contributed by atoms with van der Waals surface area (Å²) in [5.41, 5.74) is 7.18. The Labute approximate surface area is 194 Å². The van der Waals surface area contributed by atoms with E-state index in [4.69, 9.17) is 10.5 Å². The molecule has 4 aliphatic carbocycles. The molecule has 1 heterocycles. The van der Waals surface area contributed by atoms with Crippen molar-refractivity contribution < 1.29 is 9.53 Å². The molecule has 5 fully saturated rings. The maximum Gasteiger partial charge on any atom is 0.313 e. The third-order valence-corrected chi connectivity index (χ3v) is 9.22. The summed E-state index contributed by atoms with van der Waals surface area (Å²) in [5.74, 6) is 2.18. The van der Waals surface area contributed by atoms with E-state index in [0.717, 1.165) is 67.7 Å². The number of anilines is 1. The third kappa shape index (κ3) is 4.04. The average molecular weight is 490 g/mol. The van der Waals surface area contributed by atoms with E-state index in [1.165, 1.54) is 24.9 Å². The van der Waals surface area contributed by atoms with E-state index in [0.29, 0.717) is 0 Å². The predicted molar refractivity (Wildman–Crippen MR) is 127 cm³/mol. The van der Waals surface area contributed by atoms with Crippen LogP contribution in [-0.4, -0.2) is 48.8 Å². The number of rotatable bonds is 5. The summed E-state index contributed by atoms with van der Waals surface area (Å²) in [6, 6.07) is 8.49. The molecule has 170 valence electrons. The van der Waals surface area contributed by atoms with Crippen LogP contribution in [0.2, 0.25) is 0 Å². The number of nitrogens with two attached hydrogens (primary N) is 1. The molecule has 6 rings (SSSR count). The van der Waals surface area contributed by atoms with Gasteiger partial charge in [-0.15, -0.1) is 0 Å². The topological polar surface area (TPSA) is 58.8 Å². The monoisotopic (exact) mass is 489 g/mol. The molecule has 1 aromatic carbocycles. The van der Waals surface area contributed by atoms with E-state index < -0.39 is 6.23 Å². The van der Waals surface area contributed by atoms with Crippen molar-refractivity contribution in [1.82, 2.24) is 4.90 Å². The van der Waals surface area contributed by atoms with Gasteiger partial charge in [-0.1, -0.05) is 15.9 Å². The quantitative estimate of drug-likeness (QED) is 0.490. The smallest absolute Gasteiger partial charge is 0.313 e. The number of hydrogen-bond acceptors (Lipinski definition) is 5. The van der Waals surface area contributed by atoms with Gasteiger partial charge in [0.05, 0.1) is 11.0 Å². The highest BCUT2D eigenvalue weighted by Gasteiger charge is 2.56. The van der Waals surface area contributed by atoms with Gasteiger partial charge < -0.3 is 9.64 Å². The van der Waals surface area contributed by atoms with Crippen LogP contribution in [0.25, 0.3) is 0 Å². The van der Waals surface area contributed by atoms with Gasteiger partial charge in [-0.3, -0.25) is 15.4 Å². The number of benzene rings is 1. The van der Waals surface area contributed by atoms with Crippen LogP contribution in [-0.2, 0) is 9.53 Å². The summed E-state index contributed by atoms with van der Waals surface area (Å²) < 4.78 is 7.16. The number of piperazine rings is 1. The molecular formula is C25H36BrN3O2. The van der Waals surface area contributed by atoms with Crippen LogP contribution >= 0.6 is 15.9 Å². The number of halogens is 1. The summed E-state index contributed by atoms with van der Waals surface area (Å²) in [7, 11) is 0. The van der Waals surface area contributed by atoms with E-state index in [1.807, 2.05) is 0 Å². The Morgan fingerprint density at radius 2 is 1.55 bits per heavy atom. The molecule has 5 nitrogen and oxygen atoms in total. The SMILES string of the molecule is CC(C)(C(N)OC(=O)C12CC3CC(CC(C3)C1)C2)N1CCN(c2ccc(Br)cc2)CC1. The lowest BCUT2D eigenvalue weighted by atomic mass is 9.49. The van der Waals surface area contributed by atoms with Gasteiger partial charge in [-0.2, -0.15) is 0 Å². The largest absolute Gasteiger partial charge is 0.444 e. The Morgan fingerprint density at radius 3 is 2.06 bits per heavy atom. The Hall–Kier alpha value is -1.11. The number of esters is 1. The molecule has 0 radical (unpaired) electrons. The van der Waals surface area contributed by atoms with Crippen LogP contribution in [0.15, 0.2) is 28.7 Å². The zero-order valence-electron chi connectivity index (χ0n) is 18.9. The molecule has 0 amide bonds. The molecule has 4 bridgehead atoms. The normalized spacial score (nSPS) is 34.1. The molecule has 1 saturated heterocycles. The van der Waals surface area contributed by atoms with Gasteiger partial charge >= 0.3 is 5.97 Å². The Kier molecular flexibility index (Phi) is 5.63. The molecule has 1 aromatic rings. The van der Waals surface area contributed by atoms with Gasteiger partial charge in [0.15, 0.2) is 6.23 Å². The minimum absolute atomic E-state index is 0.0133. The second kappa shape index (κ2) is 8.03. The van der Waals surface area contributed by atoms with E-state index in [1.54, 1.807) is 0 Å². The molecule has 1 atom stereocenters. The standard InChI is InChI=1S/C25H36BrN3O2/c1-24(2,29-9-7-28(8-10-29)21-5-3-20(26)4-6-21)22(27)31-23(30)25-14-17-11-18(15-25)13-19(12-17)16-25/h3-6,17-19,22H,7-16,27H2,1-2H3. The van der Waals surface area contributed by atoms with Crippen LogP contribution in [0.5, 0.6) is 0 Å². The van der Waals surface area contributed by atoms with Crippen LogP contribution in [0.4, 0.5) is 5.69 Å². The fourth-order valence-corrected chi connectivity index (χ4v) is 7.38. The Morgan fingerprint density at radius 1 is 1.03 bits per heavy atom. The summed E-state index contributed by atoms with van der Waals surface area (Å²) >= 11 is 3.51. The van der Waals surface area contributed by atoms with Crippen molar-refractivity contribution in [2.75, 3.05) is 31.1 Å². The number of nitrogens with zero attached hydrogens (tertiary/aromatic N) is 2. The predicted octanol–water partition coefficient (Wildman–Crippen LogP) is 4.39. The van der Waals surface area contributed by atoms with Crippen LogP contribution in [0.3, 0.4) is 0 Å². The lowest BCUT2D eigenvalue weighted by molar-refractivity contribution is -0.183. The highest BCUT2D eigenvalue weighted by atomic mass is 79.9. The highest BCUT2D eigenvalue weighted by Crippen LogP contribution is 2.60. The van der Waals surface area contributed by atoms with Gasteiger partial charge in [-0.25, -0.2) is 0 Å². The van der Waals surface area contributed by atoms with E-state index in [-0.39, 0.29) is 16.9 Å². The lowest BCUT2D eigenvalue weighted by Gasteiger charge is -2.55. The number of hydrogen-bond donors (Lipinski definition) is 1. The van der Waals surface area contributed by atoms with Crippen molar-refractivity contribution >= 4 is 27.6 Å². The second-order valence-corrected chi connectivity index (χ2v) is 12.0. The fourth-order valence-electron chi connectivity index (χ4n) is 7.12. The maximum absolute atomic E-state index is 13.4. The molecule has 4 saturated carbocycles. The van der Waals surface area contributed by atoms with Crippen molar-refractivity contribution in [3.05, 3.63) is 28.7 Å². The first kappa shape index (κ1) is 21.7. The van der Waals surface area contributed by atoms with Gasteiger partial charge in [0.2, 0.25) is 0 Å². The fraction of sp³-hybridized carbons (Fsp3) is 0.720. The minimum Gasteiger partial charge on any atom is -0.444 e. The molecular weight excluding hydrogens is 454 g/mol. The van der Waals surface area contributed by atoms with Gasteiger partial charge in [-0.05, 0) is 94.4 Å². The third-order valence-electron chi connectivity index (χ3n) is 8.69. The zero-order chi connectivity index (χ0) is 21.8. The summed E-state index contributed by atoms with van der Waals surface area (Å²) in [4.78, 5) is 18.2. The van der Waals surface area contributed by atoms with Crippen LogP contribution < -0.4 is 10.6 Å². The van der Waals surface area contributed by atoms with Crippen molar-refractivity contribution in [3.8, 4) is 0 Å². The number of carbonyl (C=O) groups excluding carboxylic acids is 1.